The molecular weight excluding hydrogens is 601 g/mol. The molecule has 2 unspecified atom stereocenters. The van der Waals surface area contributed by atoms with E-state index in [1.807, 2.05) is 47.3 Å². The molecule has 0 N–H and O–H groups in total. The molecule has 0 aliphatic carbocycles. The van der Waals surface area contributed by atoms with Gasteiger partial charge in [-0.3, -0.25) is 0 Å². The van der Waals surface area contributed by atoms with Gasteiger partial charge in [0.15, 0.2) is 12.6 Å². The van der Waals surface area contributed by atoms with Crippen LogP contribution in [0.3, 0.4) is 0 Å². The van der Waals surface area contributed by atoms with Gasteiger partial charge in [-0.15, -0.1) is 0 Å². The smallest absolute Gasteiger partial charge is 0.157 e. The van der Waals surface area contributed by atoms with Crippen molar-refractivity contribution in [3.05, 3.63) is 0 Å². The third kappa shape index (κ3) is 28.7. The summed E-state index contributed by atoms with van der Waals surface area (Å²) in [6.07, 6.45) is 26.3. The van der Waals surface area contributed by atoms with E-state index in [0.717, 1.165) is 49.8 Å². The fourth-order valence-corrected chi connectivity index (χ4v) is 12.7. The van der Waals surface area contributed by atoms with Gasteiger partial charge < -0.3 is 18.9 Å². The maximum absolute atomic E-state index is 5.64. The Balaban J connectivity index is 3.66. The lowest BCUT2D eigenvalue weighted by Crippen LogP contribution is -2.17. The van der Waals surface area contributed by atoms with Crippen LogP contribution >= 0.6 is 41.2 Å². The molecular formula is C34H70O4S4. The molecule has 0 radical (unpaired) electrons. The SMILES string of the molecule is CCOC(CCCCCCCCCC(CC)SSSSC(CC)CCCCCCCCCC(OCC)OCC)OCC. The summed E-state index contributed by atoms with van der Waals surface area (Å²) in [6, 6.07) is 0. The summed E-state index contributed by atoms with van der Waals surface area (Å²) in [6.45, 7) is 15.9. The van der Waals surface area contributed by atoms with Gasteiger partial charge >= 0.3 is 0 Å². The molecule has 0 spiro atoms. The molecule has 0 saturated heterocycles. The maximum Gasteiger partial charge on any atom is 0.157 e. The Morgan fingerprint density at radius 3 is 0.881 bits per heavy atom. The van der Waals surface area contributed by atoms with Gasteiger partial charge in [0.05, 0.1) is 0 Å². The third-order valence-corrected chi connectivity index (χ3v) is 15.2. The maximum atomic E-state index is 5.64. The van der Waals surface area contributed by atoms with Gasteiger partial charge in [0.2, 0.25) is 0 Å². The molecule has 0 aliphatic rings. The van der Waals surface area contributed by atoms with Crippen LogP contribution in [0.4, 0.5) is 0 Å². The van der Waals surface area contributed by atoms with Crippen LogP contribution in [0.2, 0.25) is 0 Å². The van der Waals surface area contributed by atoms with Crippen molar-refractivity contribution < 1.29 is 18.9 Å². The van der Waals surface area contributed by atoms with Crippen LogP contribution in [0.5, 0.6) is 0 Å². The fourth-order valence-electron chi connectivity index (χ4n) is 5.09. The molecule has 0 amide bonds. The molecule has 2 atom stereocenters. The van der Waals surface area contributed by atoms with Crippen LogP contribution in [-0.2, 0) is 18.9 Å². The van der Waals surface area contributed by atoms with E-state index in [1.165, 1.54) is 116 Å². The average Bonchev–Trinajstić information content (AvgIpc) is 2.99. The predicted molar refractivity (Wildman–Crippen MR) is 196 cm³/mol. The highest BCUT2D eigenvalue weighted by molar-refractivity contribution is 9.26. The number of hydrogen-bond acceptors (Lipinski definition) is 8. The molecule has 254 valence electrons. The molecule has 0 aromatic rings. The largest absolute Gasteiger partial charge is 0.353 e. The van der Waals surface area contributed by atoms with Crippen molar-refractivity contribution in [3.63, 3.8) is 0 Å². The minimum atomic E-state index is 0.00754. The first-order valence-corrected chi connectivity index (χ1v) is 22.7. The van der Waals surface area contributed by atoms with Crippen LogP contribution < -0.4 is 0 Å². The summed E-state index contributed by atoms with van der Waals surface area (Å²) in [5.74, 6) is 0. The van der Waals surface area contributed by atoms with Crippen molar-refractivity contribution in [3.8, 4) is 0 Å². The van der Waals surface area contributed by atoms with E-state index in [1.54, 1.807) is 0 Å². The van der Waals surface area contributed by atoms with Gasteiger partial charge in [0.25, 0.3) is 0 Å². The Morgan fingerprint density at radius 2 is 0.619 bits per heavy atom. The zero-order valence-corrected chi connectivity index (χ0v) is 31.8. The van der Waals surface area contributed by atoms with E-state index < -0.39 is 0 Å². The highest BCUT2D eigenvalue weighted by atomic mass is 33.7. The second-order valence-electron chi connectivity index (χ2n) is 11.2. The summed E-state index contributed by atoms with van der Waals surface area (Å²) >= 11 is 0. The van der Waals surface area contributed by atoms with Crippen LogP contribution in [0, 0.1) is 0 Å². The third-order valence-electron chi connectivity index (χ3n) is 7.63. The summed E-state index contributed by atoms with van der Waals surface area (Å²) in [5, 5.41) is 1.61. The van der Waals surface area contributed by atoms with Gasteiger partial charge in [0.1, 0.15) is 0 Å². The molecule has 0 bridgehead atoms. The van der Waals surface area contributed by atoms with E-state index in [0.29, 0.717) is 0 Å². The molecule has 0 saturated carbocycles. The zero-order chi connectivity index (χ0) is 30.9. The first-order valence-electron chi connectivity index (χ1n) is 17.8. The molecule has 0 heterocycles. The summed E-state index contributed by atoms with van der Waals surface area (Å²) < 4.78 is 22.6. The lowest BCUT2D eigenvalue weighted by atomic mass is 10.1. The normalized spacial score (nSPS) is 13.4. The fraction of sp³-hybridized carbons (Fsp3) is 1.00. The van der Waals surface area contributed by atoms with Crippen molar-refractivity contribution in [2.45, 2.75) is 193 Å². The van der Waals surface area contributed by atoms with Crippen molar-refractivity contribution >= 4 is 41.2 Å². The Kier molecular flexibility index (Phi) is 36.1. The van der Waals surface area contributed by atoms with Gasteiger partial charge in [-0.1, -0.05) is 112 Å². The lowest BCUT2D eigenvalue weighted by molar-refractivity contribution is -0.140. The van der Waals surface area contributed by atoms with Gasteiger partial charge in [-0.2, -0.15) is 0 Å². The van der Waals surface area contributed by atoms with Crippen molar-refractivity contribution in [1.82, 2.24) is 0 Å². The highest BCUT2D eigenvalue weighted by Gasteiger charge is 2.12. The topological polar surface area (TPSA) is 36.9 Å². The average molecular weight is 671 g/mol. The second kappa shape index (κ2) is 35.1. The minimum Gasteiger partial charge on any atom is -0.353 e. The first kappa shape index (κ1) is 43.2. The standard InChI is InChI=1S/C34H70O4S4/c1-7-31(27-23-19-15-13-17-21-25-29-33(35-9-3)36-10-4)39-41-42-40-32(8-2)28-24-20-16-14-18-22-26-30-34(37-11-5)38-12-6/h31-34H,7-30H2,1-6H3. The molecule has 0 aromatic carbocycles. The zero-order valence-electron chi connectivity index (χ0n) is 28.5. The molecule has 0 fully saturated rings. The Hall–Kier alpha value is 1.24. The summed E-state index contributed by atoms with van der Waals surface area (Å²) in [7, 11) is 8.33. The van der Waals surface area contributed by atoms with E-state index in [2.05, 4.69) is 35.4 Å². The van der Waals surface area contributed by atoms with Crippen molar-refractivity contribution in [1.29, 1.82) is 0 Å². The van der Waals surface area contributed by atoms with E-state index in [-0.39, 0.29) is 12.6 Å². The van der Waals surface area contributed by atoms with E-state index >= 15 is 0 Å². The highest BCUT2D eigenvalue weighted by Crippen LogP contribution is 2.49. The monoisotopic (exact) mass is 670 g/mol. The van der Waals surface area contributed by atoms with Crippen molar-refractivity contribution in [2.24, 2.45) is 0 Å². The van der Waals surface area contributed by atoms with Gasteiger partial charge in [0, 0.05) is 36.9 Å². The molecule has 4 nitrogen and oxygen atoms in total. The Morgan fingerprint density at radius 1 is 0.357 bits per heavy atom. The second-order valence-corrected chi connectivity index (χ2v) is 17.6. The van der Waals surface area contributed by atoms with Crippen molar-refractivity contribution in [2.75, 3.05) is 26.4 Å². The predicted octanol–water partition coefficient (Wildman–Crippen LogP) is 13.0. The molecule has 42 heavy (non-hydrogen) atoms. The van der Waals surface area contributed by atoms with E-state index in [4.69, 9.17) is 18.9 Å². The minimum absolute atomic E-state index is 0.00754. The molecule has 8 heteroatoms. The van der Waals surface area contributed by atoms with Gasteiger partial charge in [-0.05, 0) is 98.7 Å². The van der Waals surface area contributed by atoms with Crippen LogP contribution in [0.25, 0.3) is 0 Å². The lowest BCUT2D eigenvalue weighted by Gasteiger charge is -2.16. The van der Waals surface area contributed by atoms with Gasteiger partial charge in [-0.25, -0.2) is 0 Å². The first-order chi connectivity index (χ1) is 20.6. The summed E-state index contributed by atoms with van der Waals surface area (Å²) in [5.41, 5.74) is 0. The number of hydrogen-bond donors (Lipinski definition) is 0. The molecule has 0 rings (SSSR count). The summed E-state index contributed by atoms with van der Waals surface area (Å²) in [4.78, 5) is 0. The molecule has 0 aromatic heterocycles. The Bertz CT molecular complexity index is 462. The van der Waals surface area contributed by atoms with Crippen LogP contribution in [0.15, 0.2) is 0 Å². The van der Waals surface area contributed by atoms with E-state index in [9.17, 15) is 0 Å². The number of rotatable bonds is 35. The molecule has 0 aliphatic heterocycles. The number of ether oxygens (including phenoxy) is 4. The quantitative estimate of drug-likeness (QED) is 0.0375. The van der Waals surface area contributed by atoms with Crippen LogP contribution in [-0.4, -0.2) is 49.5 Å². The number of unbranched alkanes of at least 4 members (excludes halogenated alkanes) is 12. The Labute approximate surface area is 278 Å². The van der Waals surface area contributed by atoms with Crippen LogP contribution in [0.1, 0.15) is 170 Å².